The summed E-state index contributed by atoms with van der Waals surface area (Å²) in [5.41, 5.74) is 0.542. The van der Waals surface area contributed by atoms with Crippen LogP contribution in [0, 0.1) is 0 Å². The highest BCUT2D eigenvalue weighted by Gasteiger charge is 2.29. The highest BCUT2D eigenvalue weighted by molar-refractivity contribution is 8.16. The first-order chi connectivity index (χ1) is 10.3. The molecule has 0 amide bonds. The van der Waals surface area contributed by atoms with E-state index in [0.29, 0.717) is 26.3 Å². The Hall–Kier alpha value is -0.600. The Bertz CT molecular complexity index is 419. The largest absolute Gasteiger partial charge is 0.385 e. The van der Waals surface area contributed by atoms with Gasteiger partial charge in [0, 0.05) is 51.4 Å². The number of fused-ring (bicyclic) bond motifs is 1. The molecule has 0 aromatic heterocycles. The zero-order chi connectivity index (χ0) is 14.5. The molecule has 0 spiro atoms. The van der Waals surface area contributed by atoms with E-state index in [0.717, 1.165) is 44.2 Å². The average Bonchev–Trinajstić information content (AvgIpc) is 2.78. The first kappa shape index (κ1) is 15.3. The van der Waals surface area contributed by atoms with Crippen molar-refractivity contribution >= 4 is 16.9 Å². The van der Waals surface area contributed by atoms with E-state index in [-0.39, 0.29) is 0 Å². The minimum absolute atomic E-state index is 0.397. The monoisotopic (exact) mass is 312 g/mol. The molecule has 3 rings (SSSR count). The fourth-order valence-electron chi connectivity index (χ4n) is 2.76. The van der Waals surface area contributed by atoms with Gasteiger partial charge in [0.05, 0.1) is 13.2 Å². The Morgan fingerprint density at radius 1 is 1.57 bits per heavy atom. The summed E-state index contributed by atoms with van der Waals surface area (Å²) in [5.74, 6) is 0. The zero-order valence-electron chi connectivity index (χ0n) is 12.3. The van der Waals surface area contributed by atoms with Gasteiger partial charge in [0.2, 0.25) is 0 Å². The molecule has 0 aliphatic carbocycles. The van der Waals surface area contributed by atoms with Gasteiger partial charge in [0.1, 0.15) is 5.60 Å². The molecule has 1 saturated heterocycles. The van der Waals surface area contributed by atoms with Crippen LogP contribution in [-0.4, -0.2) is 73.3 Å². The van der Waals surface area contributed by atoms with E-state index in [1.165, 1.54) is 5.70 Å². The number of hydrogen-bond donors (Lipinski definition) is 3. The summed E-state index contributed by atoms with van der Waals surface area (Å²) in [6.07, 6.45) is 2.11. The second kappa shape index (κ2) is 7.11. The number of β-amino-alcohol motifs (C(OH)–C–C–N with tert-alkyl or cyclic N) is 1. The van der Waals surface area contributed by atoms with Gasteiger partial charge in [0.15, 0.2) is 5.17 Å². The molecule has 0 aromatic carbocycles. The van der Waals surface area contributed by atoms with Crippen molar-refractivity contribution in [2.45, 2.75) is 18.4 Å². The predicted molar refractivity (Wildman–Crippen MR) is 85.4 cm³/mol. The van der Waals surface area contributed by atoms with E-state index < -0.39 is 5.60 Å². The van der Waals surface area contributed by atoms with Crippen molar-refractivity contribution in [2.24, 2.45) is 4.99 Å². The van der Waals surface area contributed by atoms with Crippen molar-refractivity contribution in [3.63, 3.8) is 0 Å². The normalized spacial score (nSPS) is 29.7. The third kappa shape index (κ3) is 3.98. The van der Waals surface area contributed by atoms with Gasteiger partial charge < -0.3 is 25.4 Å². The summed E-state index contributed by atoms with van der Waals surface area (Å²) >= 11 is 1.73. The number of nitrogens with one attached hydrogen (secondary N) is 2. The first-order valence-electron chi connectivity index (χ1n) is 7.66. The zero-order valence-corrected chi connectivity index (χ0v) is 13.1. The lowest BCUT2D eigenvalue weighted by molar-refractivity contribution is -0.0261. The summed E-state index contributed by atoms with van der Waals surface area (Å²) in [6, 6.07) is 0. The predicted octanol–water partition coefficient (Wildman–Crippen LogP) is -0.0331. The van der Waals surface area contributed by atoms with Crippen LogP contribution in [0.25, 0.3) is 0 Å². The summed E-state index contributed by atoms with van der Waals surface area (Å²) < 4.78 is 5.42. The molecule has 0 bridgehead atoms. The highest BCUT2D eigenvalue weighted by atomic mass is 32.2. The van der Waals surface area contributed by atoms with Crippen molar-refractivity contribution in [3.05, 3.63) is 11.1 Å². The van der Waals surface area contributed by atoms with Crippen LogP contribution in [0.3, 0.4) is 0 Å². The van der Waals surface area contributed by atoms with Gasteiger partial charge in [-0.3, -0.25) is 4.99 Å². The number of aliphatic hydroxyl groups is 1. The van der Waals surface area contributed by atoms with Gasteiger partial charge in [-0.25, -0.2) is 0 Å². The Labute approximate surface area is 130 Å². The summed E-state index contributed by atoms with van der Waals surface area (Å²) in [4.78, 5) is 6.85. The molecule has 0 aromatic rings. The first-order valence-corrected chi connectivity index (χ1v) is 8.54. The number of hydrogen-bond acceptors (Lipinski definition) is 7. The second-order valence-corrected chi connectivity index (χ2v) is 6.61. The summed E-state index contributed by atoms with van der Waals surface area (Å²) in [6.45, 7) is 5.92. The molecular formula is C14H24N4O2S. The Morgan fingerprint density at radius 2 is 2.52 bits per heavy atom. The highest BCUT2D eigenvalue weighted by Crippen LogP contribution is 2.30. The van der Waals surface area contributed by atoms with E-state index >= 15 is 0 Å². The fraction of sp³-hybridized carbons (Fsp3) is 0.786. The topological polar surface area (TPSA) is 69.1 Å². The van der Waals surface area contributed by atoms with Crippen molar-refractivity contribution < 1.29 is 9.84 Å². The van der Waals surface area contributed by atoms with Crippen LogP contribution in [0.5, 0.6) is 0 Å². The Morgan fingerprint density at radius 3 is 3.48 bits per heavy atom. The molecule has 3 N–H and O–H groups in total. The van der Waals surface area contributed by atoms with Crippen LogP contribution in [0.4, 0.5) is 0 Å². The maximum atomic E-state index is 10.4. The number of rotatable bonds is 5. The van der Waals surface area contributed by atoms with Crippen molar-refractivity contribution in [1.29, 1.82) is 0 Å². The van der Waals surface area contributed by atoms with Gasteiger partial charge >= 0.3 is 0 Å². The summed E-state index contributed by atoms with van der Waals surface area (Å²) in [5, 5.41) is 20.3. The molecule has 0 saturated carbocycles. The van der Waals surface area contributed by atoms with Gasteiger partial charge in [0.25, 0.3) is 0 Å². The minimum atomic E-state index is -0.799. The molecule has 3 aliphatic heterocycles. The SMILES string of the molecule is O[C@]1(CNCCC2=CSC3=NCCCN23)CNCCOC1. The number of thioether (sulfide) groups is 1. The van der Waals surface area contributed by atoms with Crippen LogP contribution >= 0.6 is 11.8 Å². The van der Waals surface area contributed by atoms with E-state index in [4.69, 9.17) is 4.74 Å². The van der Waals surface area contributed by atoms with Crippen LogP contribution in [-0.2, 0) is 4.74 Å². The van der Waals surface area contributed by atoms with E-state index in [1.54, 1.807) is 11.8 Å². The number of amidine groups is 1. The summed E-state index contributed by atoms with van der Waals surface area (Å²) in [7, 11) is 0. The second-order valence-electron chi connectivity index (χ2n) is 5.78. The number of aliphatic imine (C=N–C) groups is 1. The lowest BCUT2D eigenvalue weighted by atomic mass is 10.1. The molecule has 21 heavy (non-hydrogen) atoms. The van der Waals surface area contributed by atoms with Gasteiger partial charge in [-0.1, -0.05) is 11.8 Å². The standard InChI is InChI=1S/C14H24N4O2S/c19-14(10-16-5-7-20-11-14)9-15-4-2-12-8-21-13-17-3-1-6-18(12)13/h8,15-16,19H,1-7,9-11H2/t14-/m1/s1. The van der Waals surface area contributed by atoms with Crippen LogP contribution in [0.15, 0.2) is 16.1 Å². The molecular weight excluding hydrogens is 288 g/mol. The molecule has 0 unspecified atom stereocenters. The van der Waals surface area contributed by atoms with Crippen molar-refractivity contribution in [2.75, 3.05) is 52.5 Å². The maximum Gasteiger partial charge on any atom is 0.167 e. The minimum Gasteiger partial charge on any atom is -0.385 e. The molecule has 118 valence electrons. The quantitative estimate of drug-likeness (QED) is 0.619. The Kier molecular flexibility index (Phi) is 5.18. The van der Waals surface area contributed by atoms with Crippen LogP contribution in [0.2, 0.25) is 0 Å². The van der Waals surface area contributed by atoms with Gasteiger partial charge in [-0.2, -0.15) is 0 Å². The van der Waals surface area contributed by atoms with Crippen LogP contribution < -0.4 is 10.6 Å². The maximum absolute atomic E-state index is 10.4. The van der Waals surface area contributed by atoms with Crippen molar-refractivity contribution in [3.8, 4) is 0 Å². The third-order valence-corrected chi connectivity index (χ3v) is 4.88. The van der Waals surface area contributed by atoms with Crippen LogP contribution in [0.1, 0.15) is 12.8 Å². The smallest absolute Gasteiger partial charge is 0.167 e. The molecule has 1 fully saturated rings. The van der Waals surface area contributed by atoms with Gasteiger partial charge in [-0.15, -0.1) is 0 Å². The van der Waals surface area contributed by atoms with E-state index in [2.05, 4.69) is 25.9 Å². The van der Waals surface area contributed by atoms with E-state index in [1.807, 2.05) is 0 Å². The number of nitrogens with zero attached hydrogens (tertiary/aromatic N) is 2. The Balaban J connectivity index is 1.40. The average molecular weight is 312 g/mol. The molecule has 0 radical (unpaired) electrons. The molecule has 7 heteroatoms. The number of ether oxygens (including phenoxy) is 1. The van der Waals surface area contributed by atoms with Crippen molar-refractivity contribution in [1.82, 2.24) is 15.5 Å². The molecule has 1 atom stereocenters. The van der Waals surface area contributed by atoms with E-state index in [9.17, 15) is 5.11 Å². The molecule has 6 nitrogen and oxygen atoms in total. The fourth-order valence-corrected chi connectivity index (χ4v) is 3.75. The lowest BCUT2D eigenvalue weighted by Crippen LogP contribution is -2.50. The molecule has 3 heterocycles. The molecule has 3 aliphatic rings. The van der Waals surface area contributed by atoms with Gasteiger partial charge in [-0.05, 0) is 11.8 Å². The third-order valence-electron chi connectivity index (χ3n) is 3.92. The lowest BCUT2D eigenvalue weighted by Gasteiger charge is -2.27.